The molecule has 5 rings (SSSR count). The van der Waals surface area contributed by atoms with Gasteiger partial charge in [0, 0.05) is 19.3 Å². The molecular formula is C20H24N6O2. The van der Waals surface area contributed by atoms with E-state index in [0.717, 1.165) is 31.7 Å². The van der Waals surface area contributed by atoms with Gasteiger partial charge in [-0.2, -0.15) is 5.10 Å². The summed E-state index contributed by atoms with van der Waals surface area (Å²) in [6.07, 6.45) is 9.88. The summed E-state index contributed by atoms with van der Waals surface area (Å²) in [5, 5.41) is 5.04. The summed E-state index contributed by atoms with van der Waals surface area (Å²) >= 11 is 0. The van der Waals surface area contributed by atoms with Crippen LogP contribution in [0.3, 0.4) is 0 Å². The standard InChI is InChI=1S/C20H24N6O2/c1-13(25-11-16(12-25)28-15-7-4-8-21-9-15)18-23-19-17(20(27)24-18)10-22-26(19)14-5-2-3-6-14/h4,7-10,13-14,16H,2-3,5-6,11-12H2,1H3,(H,23,24,27)/t13-/m1/s1. The molecule has 0 amide bonds. The number of pyridine rings is 1. The molecule has 4 heterocycles. The van der Waals surface area contributed by atoms with Crippen LogP contribution in [-0.2, 0) is 0 Å². The predicted molar refractivity (Wildman–Crippen MR) is 104 cm³/mol. The number of nitrogens with zero attached hydrogens (tertiary/aromatic N) is 5. The van der Waals surface area contributed by atoms with Crippen LogP contribution in [0.2, 0.25) is 0 Å². The minimum atomic E-state index is -0.111. The molecule has 0 bridgehead atoms. The quantitative estimate of drug-likeness (QED) is 0.731. The molecule has 0 radical (unpaired) electrons. The molecule has 2 aliphatic rings. The highest BCUT2D eigenvalue weighted by Crippen LogP contribution is 2.31. The van der Waals surface area contributed by atoms with E-state index < -0.39 is 0 Å². The summed E-state index contributed by atoms with van der Waals surface area (Å²) < 4.78 is 7.88. The smallest absolute Gasteiger partial charge is 0.262 e. The molecule has 3 aromatic heterocycles. The Morgan fingerprint density at radius 3 is 2.82 bits per heavy atom. The van der Waals surface area contributed by atoms with Gasteiger partial charge in [-0.3, -0.25) is 14.7 Å². The minimum Gasteiger partial charge on any atom is -0.486 e. The first-order valence-corrected chi connectivity index (χ1v) is 9.97. The van der Waals surface area contributed by atoms with E-state index in [1.165, 1.54) is 12.8 Å². The van der Waals surface area contributed by atoms with Crippen molar-refractivity contribution in [1.82, 2.24) is 29.6 Å². The fraction of sp³-hybridized carbons (Fsp3) is 0.500. The van der Waals surface area contributed by atoms with Gasteiger partial charge in [-0.05, 0) is 31.9 Å². The summed E-state index contributed by atoms with van der Waals surface area (Å²) in [6, 6.07) is 4.15. The van der Waals surface area contributed by atoms with Crippen molar-refractivity contribution in [2.45, 2.75) is 50.8 Å². The summed E-state index contributed by atoms with van der Waals surface area (Å²) in [7, 11) is 0. The Morgan fingerprint density at radius 1 is 1.25 bits per heavy atom. The van der Waals surface area contributed by atoms with E-state index in [-0.39, 0.29) is 17.7 Å². The number of ether oxygens (including phenoxy) is 1. The van der Waals surface area contributed by atoms with Gasteiger partial charge < -0.3 is 9.72 Å². The Morgan fingerprint density at radius 2 is 2.07 bits per heavy atom. The zero-order chi connectivity index (χ0) is 19.1. The molecule has 28 heavy (non-hydrogen) atoms. The lowest BCUT2D eigenvalue weighted by Crippen LogP contribution is -2.54. The van der Waals surface area contributed by atoms with Crippen molar-refractivity contribution in [2.75, 3.05) is 13.1 Å². The largest absolute Gasteiger partial charge is 0.486 e. The van der Waals surface area contributed by atoms with Gasteiger partial charge >= 0.3 is 0 Å². The number of aromatic nitrogens is 5. The number of aromatic amines is 1. The number of H-pyrrole nitrogens is 1. The van der Waals surface area contributed by atoms with Gasteiger partial charge in [0.25, 0.3) is 5.56 Å². The second-order valence-electron chi connectivity index (χ2n) is 7.77. The van der Waals surface area contributed by atoms with Crippen LogP contribution in [0.15, 0.2) is 35.5 Å². The van der Waals surface area contributed by atoms with Crippen LogP contribution in [0.25, 0.3) is 11.0 Å². The Bertz CT molecular complexity index is 1020. The van der Waals surface area contributed by atoms with E-state index in [0.29, 0.717) is 22.9 Å². The van der Waals surface area contributed by atoms with Gasteiger partial charge in [-0.25, -0.2) is 9.67 Å². The molecule has 1 atom stereocenters. The summed E-state index contributed by atoms with van der Waals surface area (Å²) in [6.45, 7) is 3.65. The molecule has 8 nitrogen and oxygen atoms in total. The average molecular weight is 380 g/mol. The van der Waals surface area contributed by atoms with Crippen LogP contribution < -0.4 is 10.3 Å². The van der Waals surface area contributed by atoms with Crippen LogP contribution in [0.5, 0.6) is 5.75 Å². The van der Waals surface area contributed by atoms with E-state index in [4.69, 9.17) is 9.72 Å². The maximum absolute atomic E-state index is 12.6. The molecule has 0 spiro atoms. The molecule has 1 aliphatic heterocycles. The highest BCUT2D eigenvalue weighted by Gasteiger charge is 2.34. The normalized spacial score (nSPS) is 19.8. The van der Waals surface area contributed by atoms with Crippen LogP contribution in [0, 0.1) is 0 Å². The van der Waals surface area contributed by atoms with Gasteiger partial charge in [0.15, 0.2) is 5.65 Å². The van der Waals surface area contributed by atoms with Crippen molar-refractivity contribution in [2.24, 2.45) is 0 Å². The van der Waals surface area contributed by atoms with E-state index in [2.05, 4.69) is 26.9 Å². The molecule has 3 aromatic rings. The third-order valence-corrected chi connectivity index (χ3v) is 5.91. The van der Waals surface area contributed by atoms with E-state index in [9.17, 15) is 4.79 Å². The Labute approximate surface area is 162 Å². The highest BCUT2D eigenvalue weighted by atomic mass is 16.5. The molecule has 1 saturated heterocycles. The Hall–Kier alpha value is -2.74. The summed E-state index contributed by atoms with van der Waals surface area (Å²) in [5.41, 5.74) is 0.598. The second-order valence-corrected chi connectivity index (χ2v) is 7.77. The minimum absolute atomic E-state index is 0.0118. The molecule has 2 fully saturated rings. The monoisotopic (exact) mass is 380 g/mol. The summed E-state index contributed by atoms with van der Waals surface area (Å²) in [4.78, 5) is 26.7. The number of nitrogens with one attached hydrogen (secondary N) is 1. The zero-order valence-electron chi connectivity index (χ0n) is 15.9. The van der Waals surface area contributed by atoms with Crippen molar-refractivity contribution in [3.63, 3.8) is 0 Å². The van der Waals surface area contributed by atoms with Crippen LogP contribution >= 0.6 is 0 Å². The molecule has 1 saturated carbocycles. The molecule has 0 unspecified atom stereocenters. The van der Waals surface area contributed by atoms with E-state index in [1.54, 1.807) is 18.6 Å². The van der Waals surface area contributed by atoms with Gasteiger partial charge in [0.2, 0.25) is 0 Å². The molecule has 8 heteroatoms. The fourth-order valence-electron chi connectivity index (χ4n) is 4.21. The Kier molecular flexibility index (Phi) is 4.35. The fourth-order valence-corrected chi connectivity index (χ4v) is 4.21. The second kappa shape index (κ2) is 7.01. The van der Waals surface area contributed by atoms with Crippen LogP contribution in [-0.4, -0.2) is 48.8 Å². The SMILES string of the molecule is C[C@H](c1nc2c(cnn2C2CCCC2)c(=O)[nH]1)N1CC(Oc2cccnc2)C1. The average Bonchev–Trinajstić information content (AvgIpc) is 3.34. The molecule has 146 valence electrons. The van der Waals surface area contributed by atoms with Crippen LogP contribution in [0.4, 0.5) is 0 Å². The predicted octanol–water partition coefficient (Wildman–Crippen LogP) is 2.45. The van der Waals surface area contributed by atoms with Gasteiger partial charge in [0.1, 0.15) is 23.1 Å². The van der Waals surface area contributed by atoms with Crippen molar-refractivity contribution in [3.05, 3.63) is 46.9 Å². The number of fused-ring (bicyclic) bond motifs is 1. The first-order chi connectivity index (χ1) is 13.7. The molecule has 1 aliphatic carbocycles. The third-order valence-electron chi connectivity index (χ3n) is 5.91. The maximum Gasteiger partial charge on any atom is 0.262 e. The van der Waals surface area contributed by atoms with E-state index >= 15 is 0 Å². The van der Waals surface area contributed by atoms with Crippen LogP contribution in [0.1, 0.15) is 50.5 Å². The van der Waals surface area contributed by atoms with Crippen molar-refractivity contribution in [1.29, 1.82) is 0 Å². The highest BCUT2D eigenvalue weighted by molar-refractivity contribution is 5.73. The van der Waals surface area contributed by atoms with Gasteiger partial charge in [0.05, 0.1) is 24.5 Å². The lowest BCUT2D eigenvalue weighted by atomic mass is 10.1. The number of hydrogen-bond acceptors (Lipinski definition) is 6. The van der Waals surface area contributed by atoms with Crippen molar-refractivity contribution >= 4 is 11.0 Å². The van der Waals surface area contributed by atoms with Crippen molar-refractivity contribution in [3.8, 4) is 5.75 Å². The first kappa shape index (κ1) is 17.4. The van der Waals surface area contributed by atoms with Gasteiger partial charge in [-0.1, -0.05) is 12.8 Å². The molecule has 1 N–H and O–H groups in total. The van der Waals surface area contributed by atoms with Crippen molar-refractivity contribution < 1.29 is 4.74 Å². The first-order valence-electron chi connectivity index (χ1n) is 9.97. The van der Waals surface area contributed by atoms with Gasteiger partial charge in [-0.15, -0.1) is 0 Å². The lowest BCUT2D eigenvalue weighted by molar-refractivity contribution is -0.00752. The topological polar surface area (TPSA) is 88.9 Å². The molecule has 0 aromatic carbocycles. The number of hydrogen-bond donors (Lipinski definition) is 1. The summed E-state index contributed by atoms with van der Waals surface area (Å²) in [5.74, 6) is 1.48. The maximum atomic E-state index is 12.6. The third kappa shape index (κ3) is 3.07. The molecular weight excluding hydrogens is 356 g/mol. The Balaban J connectivity index is 1.33. The van der Waals surface area contributed by atoms with E-state index in [1.807, 2.05) is 16.8 Å². The lowest BCUT2D eigenvalue weighted by Gasteiger charge is -2.42. The number of rotatable bonds is 5. The number of likely N-dealkylation sites (tertiary alicyclic amines) is 1. The zero-order valence-corrected chi connectivity index (χ0v) is 15.9.